The van der Waals surface area contributed by atoms with Crippen molar-refractivity contribution in [3.05, 3.63) is 51.5 Å². The number of benzene rings is 2. The Balaban J connectivity index is 1.89. The van der Waals surface area contributed by atoms with Gasteiger partial charge in [0.15, 0.2) is 0 Å². The van der Waals surface area contributed by atoms with Crippen molar-refractivity contribution in [2.45, 2.75) is 6.92 Å². The van der Waals surface area contributed by atoms with E-state index in [1.54, 1.807) is 43.3 Å². The Bertz CT molecular complexity index is 740. The Hall–Kier alpha value is -1.82. The summed E-state index contributed by atoms with van der Waals surface area (Å²) in [5, 5.41) is 3.79. The molecule has 2 rings (SSSR count). The van der Waals surface area contributed by atoms with Crippen LogP contribution in [0.4, 0.5) is 4.79 Å². The molecule has 0 spiro atoms. The smallest absolute Gasteiger partial charge is 0.407 e. The lowest BCUT2D eigenvalue weighted by atomic mass is 10.3. The van der Waals surface area contributed by atoms with E-state index in [-0.39, 0.29) is 6.61 Å². The summed E-state index contributed by atoms with van der Waals surface area (Å²) in [4.78, 5) is 11.1. The van der Waals surface area contributed by atoms with Crippen molar-refractivity contribution in [1.29, 1.82) is 0 Å². The zero-order valence-electron chi connectivity index (χ0n) is 13.4. The van der Waals surface area contributed by atoms with Crippen LogP contribution in [-0.2, 0) is 4.74 Å². The maximum atomic E-state index is 11.1. The highest BCUT2D eigenvalue weighted by atomic mass is 35.5. The van der Waals surface area contributed by atoms with Crippen LogP contribution >= 0.6 is 34.8 Å². The molecule has 2 aromatic rings. The topological polar surface area (TPSA) is 56.8 Å². The molecule has 1 N–H and O–H groups in total. The van der Waals surface area contributed by atoms with Crippen molar-refractivity contribution < 1.29 is 19.0 Å². The molecule has 0 atom stereocenters. The summed E-state index contributed by atoms with van der Waals surface area (Å²) >= 11 is 18.0. The van der Waals surface area contributed by atoms with Gasteiger partial charge in [0.05, 0.1) is 28.2 Å². The Morgan fingerprint density at radius 1 is 1.00 bits per heavy atom. The third-order valence-electron chi connectivity index (χ3n) is 2.93. The summed E-state index contributed by atoms with van der Waals surface area (Å²) < 4.78 is 15.9. The molecule has 25 heavy (non-hydrogen) atoms. The van der Waals surface area contributed by atoms with E-state index < -0.39 is 6.09 Å². The molecule has 0 heterocycles. The van der Waals surface area contributed by atoms with E-state index in [1.165, 1.54) is 0 Å². The first-order valence-corrected chi connectivity index (χ1v) is 8.59. The van der Waals surface area contributed by atoms with Crippen LogP contribution in [0.15, 0.2) is 36.4 Å². The van der Waals surface area contributed by atoms with Crippen molar-refractivity contribution in [2.75, 3.05) is 19.8 Å². The SMILES string of the molecule is CCOC(=O)NCCOc1ccc(Oc2ccc(Cl)c(Cl)c2)cc1Cl. The largest absolute Gasteiger partial charge is 0.490 e. The lowest BCUT2D eigenvalue weighted by molar-refractivity contribution is 0.150. The lowest BCUT2D eigenvalue weighted by Crippen LogP contribution is -2.28. The molecule has 1 amide bonds. The van der Waals surface area contributed by atoms with Gasteiger partial charge in [-0.05, 0) is 31.2 Å². The van der Waals surface area contributed by atoms with Gasteiger partial charge in [-0.15, -0.1) is 0 Å². The van der Waals surface area contributed by atoms with Crippen LogP contribution in [0.3, 0.4) is 0 Å². The maximum absolute atomic E-state index is 11.1. The number of carbonyl (C=O) groups excluding carboxylic acids is 1. The summed E-state index contributed by atoms with van der Waals surface area (Å²) in [5.74, 6) is 1.55. The average Bonchev–Trinajstić information content (AvgIpc) is 2.57. The fourth-order valence-electron chi connectivity index (χ4n) is 1.83. The van der Waals surface area contributed by atoms with E-state index >= 15 is 0 Å². The van der Waals surface area contributed by atoms with Gasteiger partial charge >= 0.3 is 6.09 Å². The fraction of sp³-hybridized carbons (Fsp3) is 0.235. The standard InChI is InChI=1S/C17H16Cl3NO4/c1-2-23-17(22)21-7-8-24-16-6-4-12(10-15(16)20)25-11-3-5-13(18)14(19)9-11/h3-6,9-10H,2,7-8H2,1H3,(H,21,22). The molecule has 134 valence electrons. The van der Waals surface area contributed by atoms with Crippen molar-refractivity contribution in [1.82, 2.24) is 5.32 Å². The molecule has 0 aliphatic rings. The normalized spacial score (nSPS) is 10.2. The predicted molar refractivity (Wildman–Crippen MR) is 98.5 cm³/mol. The number of ether oxygens (including phenoxy) is 3. The second kappa shape index (κ2) is 9.61. The number of alkyl carbamates (subject to hydrolysis) is 1. The Labute approximate surface area is 160 Å². The van der Waals surface area contributed by atoms with E-state index in [4.69, 9.17) is 49.0 Å². The quantitative estimate of drug-likeness (QED) is 0.613. The third kappa shape index (κ3) is 6.20. The molecule has 8 heteroatoms. The summed E-state index contributed by atoms with van der Waals surface area (Å²) in [6.45, 7) is 2.61. The van der Waals surface area contributed by atoms with E-state index in [0.29, 0.717) is 45.5 Å². The molecule has 0 saturated carbocycles. The van der Waals surface area contributed by atoms with Gasteiger partial charge in [0, 0.05) is 12.1 Å². The highest BCUT2D eigenvalue weighted by molar-refractivity contribution is 6.42. The number of nitrogens with one attached hydrogen (secondary N) is 1. The molecule has 0 aliphatic heterocycles. The Morgan fingerprint density at radius 2 is 1.68 bits per heavy atom. The molecule has 0 unspecified atom stereocenters. The highest BCUT2D eigenvalue weighted by Gasteiger charge is 2.07. The first kappa shape index (κ1) is 19.5. The van der Waals surface area contributed by atoms with Crippen LogP contribution in [0.1, 0.15) is 6.92 Å². The zero-order valence-corrected chi connectivity index (χ0v) is 15.6. The van der Waals surface area contributed by atoms with Gasteiger partial charge in [-0.1, -0.05) is 34.8 Å². The number of hydrogen-bond acceptors (Lipinski definition) is 4. The van der Waals surface area contributed by atoms with E-state index in [9.17, 15) is 4.79 Å². The van der Waals surface area contributed by atoms with Gasteiger partial charge in [0.2, 0.25) is 0 Å². The van der Waals surface area contributed by atoms with Crippen LogP contribution in [0.5, 0.6) is 17.2 Å². The molecular weight excluding hydrogens is 389 g/mol. The lowest BCUT2D eigenvalue weighted by Gasteiger charge is -2.11. The number of amides is 1. The number of carbonyl (C=O) groups is 1. The van der Waals surface area contributed by atoms with E-state index in [0.717, 1.165) is 0 Å². The summed E-state index contributed by atoms with van der Waals surface area (Å²) in [6, 6.07) is 9.98. The molecule has 0 radical (unpaired) electrons. The van der Waals surface area contributed by atoms with Crippen molar-refractivity contribution >= 4 is 40.9 Å². The third-order valence-corrected chi connectivity index (χ3v) is 3.97. The van der Waals surface area contributed by atoms with Crippen LogP contribution in [0.25, 0.3) is 0 Å². The van der Waals surface area contributed by atoms with Crippen LogP contribution < -0.4 is 14.8 Å². The van der Waals surface area contributed by atoms with Gasteiger partial charge in [-0.25, -0.2) is 4.79 Å². The zero-order chi connectivity index (χ0) is 18.2. The molecule has 0 aromatic heterocycles. The van der Waals surface area contributed by atoms with Crippen molar-refractivity contribution in [3.8, 4) is 17.2 Å². The molecule has 2 aromatic carbocycles. The molecule has 0 saturated heterocycles. The van der Waals surface area contributed by atoms with Crippen LogP contribution in [0.2, 0.25) is 15.1 Å². The predicted octanol–water partition coefficient (Wildman–Crippen LogP) is 5.56. The number of hydrogen-bond donors (Lipinski definition) is 1. The summed E-state index contributed by atoms with van der Waals surface area (Å²) in [7, 11) is 0. The minimum absolute atomic E-state index is 0.255. The second-order valence-corrected chi connectivity index (χ2v) is 5.99. The number of rotatable bonds is 7. The van der Waals surface area contributed by atoms with Crippen molar-refractivity contribution in [3.63, 3.8) is 0 Å². The Morgan fingerprint density at radius 3 is 2.32 bits per heavy atom. The van der Waals surface area contributed by atoms with Gasteiger partial charge in [-0.2, -0.15) is 0 Å². The van der Waals surface area contributed by atoms with E-state index in [2.05, 4.69) is 5.32 Å². The van der Waals surface area contributed by atoms with Gasteiger partial charge in [0.25, 0.3) is 0 Å². The molecule has 0 aliphatic carbocycles. The maximum Gasteiger partial charge on any atom is 0.407 e. The first-order valence-electron chi connectivity index (χ1n) is 7.45. The van der Waals surface area contributed by atoms with Gasteiger partial charge in [-0.3, -0.25) is 0 Å². The monoisotopic (exact) mass is 403 g/mol. The molecule has 0 fully saturated rings. The highest BCUT2D eigenvalue weighted by Crippen LogP contribution is 2.33. The summed E-state index contributed by atoms with van der Waals surface area (Å²) in [5.41, 5.74) is 0. The van der Waals surface area contributed by atoms with Gasteiger partial charge in [0.1, 0.15) is 23.9 Å². The molecule has 0 bridgehead atoms. The average molecular weight is 405 g/mol. The molecular formula is C17H16Cl3NO4. The minimum atomic E-state index is -0.484. The van der Waals surface area contributed by atoms with Crippen LogP contribution in [0, 0.1) is 0 Å². The number of halogens is 3. The first-order chi connectivity index (χ1) is 12.0. The van der Waals surface area contributed by atoms with Crippen molar-refractivity contribution in [2.24, 2.45) is 0 Å². The van der Waals surface area contributed by atoms with E-state index in [1.807, 2.05) is 0 Å². The Kier molecular flexibility index (Phi) is 7.50. The second-order valence-electron chi connectivity index (χ2n) is 4.77. The molecule has 5 nitrogen and oxygen atoms in total. The summed E-state index contributed by atoms with van der Waals surface area (Å²) in [6.07, 6.45) is -0.484. The van der Waals surface area contributed by atoms with Crippen LogP contribution in [-0.4, -0.2) is 25.9 Å². The van der Waals surface area contributed by atoms with Gasteiger partial charge < -0.3 is 19.5 Å². The fourth-order valence-corrected chi connectivity index (χ4v) is 2.35. The minimum Gasteiger partial charge on any atom is -0.490 e.